The number of nitrogens with one attached hydrogen (secondary N) is 1. The maximum atomic E-state index is 13.3. The molecule has 0 radical (unpaired) electrons. The van der Waals surface area contributed by atoms with Crippen molar-refractivity contribution in [3.05, 3.63) is 64.4 Å². The van der Waals surface area contributed by atoms with Gasteiger partial charge in [-0.3, -0.25) is 23.7 Å². The summed E-state index contributed by atoms with van der Waals surface area (Å²) in [6, 6.07) is 13.6. The first-order valence-electron chi connectivity index (χ1n) is 10.7. The van der Waals surface area contributed by atoms with Gasteiger partial charge < -0.3 is 15.0 Å². The highest BCUT2D eigenvalue weighted by atomic mass is 32.2. The Labute approximate surface area is 200 Å². The number of carbonyl (C=O) groups excluding carboxylic acids is 3. The van der Waals surface area contributed by atoms with Crippen molar-refractivity contribution in [3.8, 4) is 5.69 Å². The summed E-state index contributed by atoms with van der Waals surface area (Å²) in [7, 11) is 1.24. The van der Waals surface area contributed by atoms with Crippen molar-refractivity contribution >= 4 is 40.4 Å². The molecule has 1 saturated heterocycles. The summed E-state index contributed by atoms with van der Waals surface area (Å²) in [4.78, 5) is 56.6. The summed E-state index contributed by atoms with van der Waals surface area (Å²) in [6.45, 7) is 2.54. The minimum absolute atomic E-state index is 0.0540. The van der Waals surface area contributed by atoms with Crippen molar-refractivity contribution in [3.63, 3.8) is 0 Å². The average molecular weight is 481 g/mol. The second-order valence-corrected chi connectivity index (χ2v) is 8.79. The Hall–Kier alpha value is -3.66. The van der Waals surface area contributed by atoms with E-state index in [0.717, 1.165) is 17.3 Å². The van der Waals surface area contributed by atoms with Gasteiger partial charge in [-0.15, -0.1) is 0 Å². The van der Waals surface area contributed by atoms with E-state index in [2.05, 4.69) is 15.0 Å². The van der Waals surface area contributed by atoms with E-state index in [1.54, 1.807) is 24.3 Å². The van der Waals surface area contributed by atoms with Crippen LogP contribution < -0.4 is 10.9 Å². The number of thioether (sulfide) groups is 1. The number of hydrogen-bond acceptors (Lipinski definition) is 7. The Kier molecular flexibility index (Phi) is 6.97. The molecule has 4 rings (SSSR count). The van der Waals surface area contributed by atoms with Gasteiger partial charge in [0.1, 0.15) is 6.04 Å². The smallest absolute Gasteiger partial charge is 0.308 e. The van der Waals surface area contributed by atoms with Crippen LogP contribution in [0.25, 0.3) is 16.6 Å². The summed E-state index contributed by atoms with van der Waals surface area (Å²) in [5.41, 5.74) is 2.00. The average Bonchev–Trinajstić information content (AvgIpc) is 2.84. The van der Waals surface area contributed by atoms with Gasteiger partial charge in [0.25, 0.3) is 5.56 Å². The van der Waals surface area contributed by atoms with Crippen molar-refractivity contribution in [1.29, 1.82) is 0 Å². The van der Waals surface area contributed by atoms with Crippen molar-refractivity contribution in [2.45, 2.75) is 24.5 Å². The van der Waals surface area contributed by atoms with Crippen LogP contribution in [0.4, 0.5) is 0 Å². The van der Waals surface area contributed by atoms with Gasteiger partial charge in [-0.2, -0.15) is 0 Å². The molecular weight excluding hydrogens is 456 g/mol. The maximum absolute atomic E-state index is 13.3. The minimum Gasteiger partial charge on any atom is -0.469 e. The predicted molar refractivity (Wildman–Crippen MR) is 128 cm³/mol. The normalized spacial score (nSPS) is 15.8. The van der Waals surface area contributed by atoms with Crippen LogP contribution in [0.1, 0.15) is 12.0 Å². The van der Waals surface area contributed by atoms with E-state index >= 15 is 0 Å². The molecule has 1 aliphatic heterocycles. The molecule has 1 N–H and O–H groups in total. The van der Waals surface area contributed by atoms with Crippen LogP contribution in [-0.4, -0.2) is 64.2 Å². The van der Waals surface area contributed by atoms with E-state index in [-0.39, 0.29) is 30.2 Å². The van der Waals surface area contributed by atoms with E-state index in [9.17, 15) is 19.2 Å². The summed E-state index contributed by atoms with van der Waals surface area (Å²) in [5, 5.41) is 3.52. The van der Waals surface area contributed by atoms with Gasteiger partial charge in [-0.05, 0) is 31.2 Å². The monoisotopic (exact) mass is 480 g/mol. The van der Waals surface area contributed by atoms with Gasteiger partial charge in [0.15, 0.2) is 5.16 Å². The molecule has 0 spiro atoms. The molecule has 176 valence electrons. The highest BCUT2D eigenvalue weighted by molar-refractivity contribution is 7.99. The third kappa shape index (κ3) is 4.81. The zero-order valence-corrected chi connectivity index (χ0v) is 19.6. The predicted octanol–water partition coefficient (Wildman–Crippen LogP) is 1.68. The molecule has 3 aromatic rings. The van der Waals surface area contributed by atoms with Crippen LogP contribution in [-0.2, 0) is 19.1 Å². The van der Waals surface area contributed by atoms with Gasteiger partial charge in [0, 0.05) is 13.1 Å². The van der Waals surface area contributed by atoms with Crippen molar-refractivity contribution in [2.24, 2.45) is 0 Å². The van der Waals surface area contributed by atoms with E-state index < -0.39 is 17.9 Å². The van der Waals surface area contributed by atoms with Crippen molar-refractivity contribution in [1.82, 2.24) is 19.8 Å². The second-order valence-electron chi connectivity index (χ2n) is 7.85. The van der Waals surface area contributed by atoms with Gasteiger partial charge in [-0.25, -0.2) is 4.98 Å². The lowest BCUT2D eigenvalue weighted by Gasteiger charge is -2.34. The first-order valence-corrected chi connectivity index (χ1v) is 11.7. The van der Waals surface area contributed by atoms with Crippen LogP contribution in [0, 0.1) is 6.92 Å². The number of rotatable bonds is 6. The Balaban J connectivity index is 1.65. The lowest BCUT2D eigenvalue weighted by atomic mass is 10.1. The van der Waals surface area contributed by atoms with Crippen LogP contribution in [0.2, 0.25) is 0 Å². The number of para-hydroxylation sites is 1. The number of ether oxygens (including phenoxy) is 1. The molecule has 0 bridgehead atoms. The number of hydrogen-bond donors (Lipinski definition) is 1. The van der Waals surface area contributed by atoms with E-state index in [1.807, 2.05) is 31.2 Å². The van der Waals surface area contributed by atoms with Crippen LogP contribution in [0.15, 0.2) is 58.5 Å². The summed E-state index contributed by atoms with van der Waals surface area (Å²) < 4.78 is 6.17. The standard InChI is InChI=1S/C24H24N4O5S/c1-15-7-9-16(10-8-15)28-23(32)17-5-3-4-6-18(17)26-24(28)34-14-20(29)27-12-11-25-22(31)19(27)13-21(30)33-2/h3-10,19H,11-14H2,1-2H3,(H,25,31). The van der Waals surface area contributed by atoms with E-state index in [1.165, 1.54) is 16.6 Å². The summed E-state index contributed by atoms with van der Waals surface area (Å²) >= 11 is 1.12. The number of esters is 1. The van der Waals surface area contributed by atoms with Gasteiger partial charge >= 0.3 is 5.97 Å². The lowest BCUT2D eigenvalue weighted by molar-refractivity contribution is -0.149. The molecule has 1 atom stereocenters. The topological polar surface area (TPSA) is 111 Å². The molecule has 2 aromatic carbocycles. The quantitative estimate of drug-likeness (QED) is 0.325. The molecule has 1 fully saturated rings. The molecule has 0 saturated carbocycles. The molecule has 1 aromatic heterocycles. The fourth-order valence-electron chi connectivity index (χ4n) is 3.80. The Bertz CT molecular complexity index is 1300. The fourth-order valence-corrected chi connectivity index (χ4v) is 4.70. The number of fused-ring (bicyclic) bond motifs is 1. The summed E-state index contributed by atoms with van der Waals surface area (Å²) in [5.74, 6) is -1.35. The van der Waals surface area contributed by atoms with Gasteiger partial charge in [0.2, 0.25) is 11.8 Å². The van der Waals surface area contributed by atoms with E-state index in [0.29, 0.717) is 28.3 Å². The van der Waals surface area contributed by atoms with Crippen LogP contribution >= 0.6 is 11.8 Å². The first-order chi connectivity index (χ1) is 16.4. The highest BCUT2D eigenvalue weighted by Gasteiger charge is 2.35. The first kappa shape index (κ1) is 23.5. The molecule has 0 aliphatic carbocycles. The molecule has 10 heteroatoms. The van der Waals surface area contributed by atoms with Crippen molar-refractivity contribution < 1.29 is 19.1 Å². The number of amides is 2. The fraction of sp³-hybridized carbons (Fsp3) is 0.292. The number of methoxy groups -OCH3 is 1. The molecule has 1 unspecified atom stereocenters. The number of aryl methyl sites for hydroxylation is 1. The zero-order chi connectivity index (χ0) is 24.2. The number of aromatic nitrogens is 2. The number of nitrogens with zero attached hydrogens (tertiary/aromatic N) is 3. The Morgan fingerprint density at radius 2 is 1.88 bits per heavy atom. The number of benzene rings is 2. The molecule has 1 aliphatic rings. The Morgan fingerprint density at radius 1 is 1.15 bits per heavy atom. The number of carbonyl (C=O) groups is 3. The van der Waals surface area contributed by atoms with E-state index in [4.69, 9.17) is 0 Å². The molecule has 2 heterocycles. The maximum Gasteiger partial charge on any atom is 0.308 e. The highest BCUT2D eigenvalue weighted by Crippen LogP contribution is 2.23. The molecular formula is C24H24N4O5S. The van der Waals surface area contributed by atoms with Crippen molar-refractivity contribution in [2.75, 3.05) is 26.0 Å². The molecule has 9 nitrogen and oxygen atoms in total. The molecule has 2 amide bonds. The molecule has 34 heavy (non-hydrogen) atoms. The Morgan fingerprint density at radius 3 is 2.62 bits per heavy atom. The zero-order valence-electron chi connectivity index (χ0n) is 18.8. The van der Waals surface area contributed by atoms with Gasteiger partial charge in [0.05, 0.1) is 35.9 Å². The second kappa shape index (κ2) is 10.1. The third-order valence-electron chi connectivity index (χ3n) is 5.60. The largest absolute Gasteiger partial charge is 0.469 e. The SMILES string of the molecule is COC(=O)CC1C(=O)NCCN1C(=O)CSc1nc2ccccc2c(=O)n1-c1ccc(C)cc1. The van der Waals surface area contributed by atoms with Crippen LogP contribution in [0.5, 0.6) is 0 Å². The third-order valence-corrected chi connectivity index (χ3v) is 6.52. The van der Waals surface area contributed by atoms with Crippen LogP contribution in [0.3, 0.4) is 0 Å². The summed E-state index contributed by atoms with van der Waals surface area (Å²) in [6.07, 6.45) is -0.221. The number of piperazine rings is 1. The minimum atomic E-state index is -0.932. The lowest BCUT2D eigenvalue weighted by Crippen LogP contribution is -2.58. The van der Waals surface area contributed by atoms with Gasteiger partial charge in [-0.1, -0.05) is 41.6 Å².